The van der Waals surface area contributed by atoms with Crippen LogP contribution < -0.4 is 10.5 Å². The fraction of sp³-hybridized carbons (Fsp3) is 0.0769. The Morgan fingerprint density at radius 2 is 1.74 bits per heavy atom. The predicted molar refractivity (Wildman–Crippen MR) is 70.4 cm³/mol. The van der Waals surface area contributed by atoms with E-state index in [0.717, 1.165) is 12.3 Å². The van der Waals surface area contributed by atoms with Crippen LogP contribution in [0.1, 0.15) is 0 Å². The van der Waals surface area contributed by atoms with Gasteiger partial charge in [0.25, 0.3) is 0 Å². The smallest absolute Gasteiger partial charge is 0.175 e. The first kappa shape index (κ1) is 13.4. The van der Waals surface area contributed by atoms with E-state index in [4.69, 9.17) is 10.5 Å². The molecule has 2 rings (SSSR count). The van der Waals surface area contributed by atoms with Gasteiger partial charge in [0, 0.05) is 18.0 Å². The summed E-state index contributed by atoms with van der Waals surface area (Å²) in [6, 6.07) is 9.82. The fourth-order valence-corrected chi connectivity index (χ4v) is 2.11. The van der Waals surface area contributed by atoms with Crippen molar-refractivity contribution >= 4 is 15.5 Å². The minimum Gasteiger partial charge on any atom is -0.454 e. The molecule has 100 valence electrons. The molecule has 0 amide bonds. The van der Waals surface area contributed by atoms with E-state index in [9.17, 15) is 12.8 Å². The Bertz CT molecular complexity index is 696. The van der Waals surface area contributed by atoms with Crippen molar-refractivity contribution in [3.63, 3.8) is 0 Å². The number of halogens is 1. The van der Waals surface area contributed by atoms with Crippen LogP contribution in [-0.4, -0.2) is 14.7 Å². The van der Waals surface area contributed by atoms with Gasteiger partial charge >= 0.3 is 0 Å². The summed E-state index contributed by atoms with van der Waals surface area (Å²) in [7, 11) is -3.25. The Morgan fingerprint density at radius 1 is 1.11 bits per heavy atom. The third kappa shape index (κ3) is 3.23. The molecule has 0 aliphatic carbocycles. The van der Waals surface area contributed by atoms with E-state index in [1.165, 1.54) is 36.4 Å². The molecule has 2 aromatic rings. The van der Waals surface area contributed by atoms with Crippen LogP contribution in [-0.2, 0) is 9.84 Å². The van der Waals surface area contributed by atoms with Gasteiger partial charge in [-0.15, -0.1) is 0 Å². The monoisotopic (exact) mass is 281 g/mol. The number of nitrogens with two attached hydrogens (primary N) is 1. The highest BCUT2D eigenvalue weighted by Gasteiger charge is 2.08. The first-order chi connectivity index (χ1) is 8.86. The molecule has 0 saturated heterocycles. The van der Waals surface area contributed by atoms with E-state index in [1.54, 1.807) is 0 Å². The molecule has 0 fully saturated rings. The summed E-state index contributed by atoms with van der Waals surface area (Å²) >= 11 is 0. The molecule has 0 heterocycles. The largest absolute Gasteiger partial charge is 0.454 e. The maximum atomic E-state index is 13.5. The zero-order chi connectivity index (χ0) is 14.0. The van der Waals surface area contributed by atoms with Crippen LogP contribution in [0.15, 0.2) is 47.4 Å². The summed E-state index contributed by atoms with van der Waals surface area (Å²) in [5.41, 5.74) is 5.73. The van der Waals surface area contributed by atoms with Crippen molar-refractivity contribution < 1.29 is 17.5 Å². The molecule has 0 unspecified atom stereocenters. The second-order valence-corrected chi connectivity index (χ2v) is 6.05. The fourth-order valence-electron chi connectivity index (χ4n) is 1.48. The Morgan fingerprint density at radius 3 is 2.26 bits per heavy atom. The predicted octanol–water partition coefficient (Wildman–Crippen LogP) is 2.60. The molecule has 0 atom stereocenters. The van der Waals surface area contributed by atoms with Gasteiger partial charge in [0.2, 0.25) is 0 Å². The van der Waals surface area contributed by atoms with Crippen LogP contribution >= 0.6 is 0 Å². The Labute approximate surface area is 110 Å². The molecular weight excluding hydrogens is 269 g/mol. The first-order valence-electron chi connectivity index (χ1n) is 5.39. The lowest BCUT2D eigenvalue weighted by Gasteiger charge is -2.07. The van der Waals surface area contributed by atoms with Gasteiger partial charge in [0.1, 0.15) is 5.75 Å². The van der Waals surface area contributed by atoms with E-state index >= 15 is 0 Å². The van der Waals surface area contributed by atoms with Crippen molar-refractivity contribution in [3.8, 4) is 11.5 Å². The van der Waals surface area contributed by atoms with Crippen molar-refractivity contribution in [1.29, 1.82) is 0 Å². The van der Waals surface area contributed by atoms with Crippen molar-refractivity contribution in [3.05, 3.63) is 48.3 Å². The van der Waals surface area contributed by atoms with Crippen LogP contribution in [0, 0.1) is 5.82 Å². The minimum atomic E-state index is -3.25. The quantitative estimate of drug-likeness (QED) is 0.878. The molecule has 4 nitrogen and oxygen atoms in total. The molecule has 6 heteroatoms. The number of rotatable bonds is 3. The van der Waals surface area contributed by atoms with Crippen molar-refractivity contribution in [2.45, 2.75) is 4.90 Å². The van der Waals surface area contributed by atoms with Crippen LogP contribution in [0.2, 0.25) is 0 Å². The number of hydrogen-bond donors (Lipinski definition) is 1. The van der Waals surface area contributed by atoms with Gasteiger partial charge in [-0.25, -0.2) is 12.8 Å². The lowest BCUT2D eigenvalue weighted by atomic mass is 10.3. The number of sulfone groups is 1. The van der Waals surface area contributed by atoms with Crippen LogP contribution in [0.3, 0.4) is 0 Å². The highest BCUT2D eigenvalue weighted by molar-refractivity contribution is 7.90. The number of hydrogen-bond acceptors (Lipinski definition) is 4. The molecule has 0 saturated carbocycles. The SMILES string of the molecule is CS(=O)(=O)c1ccc(Oc2ccc(N)cc2F)cc1. The summed E-state index contributed by atoms with van der Waals surface area (Å²) in [6.07, 6.45) is 1.11. The van der Waals surface area contributed by atoms with Gasteiger partial charge in [-0.3, -0.25) is 0 Å². The average Bonchev–Trinajstić information content (AvgIpc) is 2.32. The molecular formula is C13H12FNO3S. The van der Waals surface area contributed by atoms with Gasteiger partial charge in [-0.2, -0.15) is 0 Å². The Hall–Kier alpha value is -2.08. The molecule has 0 spiro atoms. The first-order valence-corrected chi connectivity index (χ1v) is 7.28. The van der Waals surface area contributed by atoms with Crippen LogP contribution in [0.4, 0.5) is 10.1 Å². The molecule has 2 N–H and O–H groups in total. The van der Waals surface area contributed by atoms with Crippen molar-refractivity contribution in [2.75, 3.05) is 12.0 Å². The molecule has 0 aliphatic heterocycles. The standard InChI is InChI=1S/C13H12FNO3S/c1-19(16,17)11-5-3-10(4-6-11)18-13-7-2-9(15)8-12(13)14/h2-8H,15H2,1H3. The summed E-state index contributed by atoms with van der Waals surface area (Å²) in [4.78, 5) is 0.178. The van der Waals surface area contributed by atoms with Gasteiger partial charge in [-0.05, 0) is 36.4 Å². The van der Waals surface area contributed by atoms with Crippen molar-refractivity contribution in [2.24, 2.45) is 0 Å². The minimum absolute atomic E-state index is 0.0290. The topological polar surface area (TPSA) is 69.4 Å². The Kier molecular flexibility index (Phi) is 3.44. The third-order valence-corrected chi connectivity index (χ3v) is 3.56. The van der Waals surface area contributed by atoms with Gasteiger partial charge in [0.15, 0.2) is 21.4 Å². The molecule has 0 bridgehead atoms. The normalized spacial score (nSPS) is 11.3. The maximum absolute atomic E-state index is 13.5. The molecule has 0 radical (unpaired) electrons. The van der Waals surface area contributed by atoms with Crippen LogP contribution in [0.25, 0.3) is 0 Å². The summed E-state index contributed by atoms with van der Waals surface area (Å²) in [5.74, 6) is -0.204. The van der Waals surface area contributed by atoms with E-state index in [0.29, 0.717) is 11.4 Å². The molecule has 19 heavy (non-hydrogen) atoms. The molecule has 0 aromatic heterocycles. The average molecular weight is 281 g/mol. The van der Waals surface area contributed by atoms with E-state index < -0.39 is 15.7 Å². The maximum Gasteiger partial charge on any atom is 0.175 e. The lowest BCUT2D eigenvalue weighted by Crippen LogP contribution is -1.96. The van der Waals surface area contributed by atoms with Gasteiger partial charge < -0.3 is 10.5 Å². The number of benzene rings is 2. The van der Waals surface area contributed by atoms with E-state index in [2.05, 4.69) is 0 Å². The molecule has 0 aliphatic rings. The highest BCUT2D eigenvalue weighted by atomic mass is 32.2. The summed E-state index contributed by atoms with van der Waals surface area (Å²) in [6.45, 7) is 0. The van der Waals surface area contributed by atoms with Crippen LogP contribution in [0.5, 0.6) is 11.5 Å². The molecule has 2 aromatic carbocycles. The lowest BCUT2D eigenvalue weighted by molar-refractivity contribution is 0.442. The van der Waals surface area contributed by atoms with E-state index in [-0.39, 0.29) is 10.6 Å². The number of nitrogen functional groups attached to an aromatic ring is 1. The second kappa shape index (κ2) is 4.89. The zero-order valence-corrected chi connectivity index (χ0v) is 10.9. The Balaban J connectivity index is 2.25. The van der Waals surface area contributed by atoms with Gasteiger partial charge in [0.05, 0.1) is 4.90 Å². The third-order valence-electron chi connectivity index (χ3n) is 2.44. The van der Waals surface area contributed by atoms with E-state index in [1.807, 2.05) is 0 Å². The summed E-state index contributed by atoms with van der Waals surface area (Å²) < 4.78 is 41.4. The second-order valence-electron chi connectivity index (χ2n) is 4.04. The number of ether oxygens (including phenoxy) is 1. The van der Waals surface area contributed by atoms with Crippen molar-refractivity contribution in [1.82, 2.24) is 0 Å². The summed E-state index contributed by atoms with van der Waals surface area (Å²) in [5, 5.41) is 0. The zero-order valence-electron chi connectivity index (χ0n) is 10.1. The van der Waals surface area contributed by atoms with Gasteiger partial charge in [-0.1, -0.05) is 0 Å². The highest BCUT2D eigenvalue weighted by Crippen LogP contribution is 2.26. The number of anilines is 1.